The van der Waals surface area contributed by atoms with Crippen molar-refractivity contribution in [1.29, 1.82) is 0 Å². The summed E-state index contributed by atoms with van der Waals surface area (Å²) in [7, 11) is -3.59. The van der Waals surface area contributed by atoms with Crippen molar-refractivity contribution in [2.75, 3.05) is 6.54 Å². The molecule has 114 valence electrons. The van der Waals surface area contributed by atoms with Crippen LogP contribution in [0.1, 0.15) is 33.3 Å². The zero-order valence-electron chi connectivity index (χ0n) is 12.4. The van der Waals surface area contributed by atoms with E-state index in [9.17, 15) is 13.5 Å². The lowest BCUT2D eigenvalue weighted by atomic mass is 9.87. The maximum Gasteiger partial charge on any atom is 0.240 e. The van der Waals surface area contributed by atoms with E-state index in [0.717, 1.165) is 5.56 Å². The summed E-state index contributed by atoms with van der Waals surface area (Å²) >= 11 is 0. The number of nitrogens with two attached hydrogens (primary N) is 1. The van der Waals surface area contributed by atoms with E-state index in [0.29, 0.717) is 0 Å². The number of sulfonamides is 1. The average molecular weight is 300 g/mol. The summed E-state index contributed by atoms with van der Waals surface area (Å²) in [6.07, 6.45) is -0.763. The van der Waals surface area contributed by atoms with Crippen molar-refractivity contribution in [2.24, 2.45) is 5.73 Å². The molecule has 0 bridgehead atoms. The van der Waals surface area contributed by atoms with Crippen LogP contribution in [0.25, 0.3) is 0 Å². The molecule has 0 aromatic heterocycles. The molecule has 2 atom stereocenters. The molecule has 1 aromatic rings. The Balaban J connectivity index is 2.83. The Kier molecular flexibility index (Phi) is 5.32. The molecule has 0 heterocycles. The van der Waals surface area contributed by atoms with E-state index in [1.807, 2.05) is 12.1 Å². The minimum atomic E-state index is -3.59. The van der Waals surface area contributed by atoms with Crippen molar-refractivity contribution >= 4 is 10.0 Å². The third kappa shape index (κ3) is 4.56. The Labute approximate surface area is 121 Å². The van der Waals surface area contributed by atoms with E-state index < -0.39 is 22.2 Å². The van der Waals surface area contributed by atoms with Gasteiger partial charge in [-0.2, -0.15) is 0 Å². The zero-order chi connectivity index (χ0) is 15.6. The van der Waals surface area contributed by atoms with Crippen molar-refractivity contribution in [3.63, 3.8) is 0 Å². The normalized spacial score (nSPS) is 15.9. The highest BCUT2D eigenvalue weighted by atomic mass is 32.2. The number of nitrogens with one attached hydrogen (secondary N) is 1. The molecular weight excluding hydrogens is 276 g/mol. The Morgan fingerprint density at radius 1 is 1.25 bits per heavy atom. The summed E-state index contributed by atoms with van der Waals surface area (Å²) in [5.41, 5.74) is 6.65. The first-order valence-corrected chi connectivity index (χ1v) is 8.06. The van der Waals surface area contributed by atoms with Gasteiger partial charge in [-0.15, -0.1) is 0 Å². The Morgan fingerprint density at radius 3 is 2.15 bits per heavy atom. The highest BCUT2D eigenvalue weighted by molar-refractivity contribution is 7.89. The van der Waals surface area contributed by atoms with Crippen LogP contribution in [0, 0.1) is 0 Å². The molecule has 5 nitrogen and oxygen atoms in total. The van der Waals surface area contributed by atoms with E-state index in [1.54, 1.807) is 12.1 Å². The second-order valence-electron chi connectivity index (χ2n) is 6.03. The van der Waals surface area contributed by atoms with Crippen molar-refractivity contribution in [3.05, 3.63) is 29.8 Å². The predicted molar refractivity (Wildman–Crippen MR) is 80.0 cm³/mol. The predicted octanol–water partition coefficient (Wildman–Crippen LogP) is 0.971. The second kappa shape index (κ2) is 6.22. The fourth-order valence-corrected chi connectivity index (χ4v) is 2.67. The minimum Gasteiger partial charge on any atom is -0.392 e. The van der Waals surface area contributed by atoms with Gasteiger partial charge in [0.15, 0.2) is 0 Å². The van der Waals surface area contributed by atoms with Crippen LogP contribution in [0.3, 0.4) is 0 Å². The van der Waals surface area contributed by atoms with Crippen LogP contribution in [0.5, 0.6) is 0 Å². The van der Waals surface area contributed by atoms with Gasteiger partial charge in [0.2, 0.25) is 10.0 Å². The number of aliphatic hydroxyl groups excluding tert-OH is 1. The fourth-order valence-electron chi connectivity index (χ4n) is 1.59. The van der Waals surface area contributed by atoms with Crippen molar-refractivity contribution in [2.45, 2.75) is 50.2 Å². The largest absolute Gasteiger partial charge is 0.392 e. The lowest BCUT2D eigenvalue weighted by molar-refractivity contribution is 0.164. The van der Waals surface area contributed by atoms with Gasteiger partial charge in [0.1, 0.15) is 0 Å². The van der Waals surface area contributed by atoms with Gasteiger partial charge in [0.25, 0.3) is 0 Å². The molecule has 1 rings (SSSR count). The second-order valence-corrected chi connectivity index (χ2v) is 7.80. The third-order valence-electron chi connectivity index (χ3n) is 3.16. The van der Waals surface area contributed by atoms with E-state index in [-0.39, 0.29) is 16.9 Å². The number of hydrogen-bond donors (Lipinski definition) is 3. The van der Waals surface area contributed by atoms with Crippen LogP contribution < -0.4 is 10.5 Å². The zero-order valence-corrected chi connectivity index (χ0v) is 13.2. The molecule has 0 saturated carbocycles. The lowest BCUT2D eigenvalue weighted by Crippen LogP contribution is -2.43. The first kappa shape index (κ1) is 17.1. The molecule has 4 N–H and O–H groups in total. The Hall–Kier alpha value is -0.950. The number of rotatable bonds is 5. The smallest absolute Gasteiger partial charge is 0.240 e. The molecule has 0 aliphatic carbocycles. The third-order valence-corrected chi connectivity index (χ3v) is 4.60. The molecule has 0 radical (unpaired) electrons. The van der Waals surface area contributed by atoms with Crippen molar-refractivity contribution in [1.82, 2.24) is 4.72 Å². The topological polar surface area (TPSA) is 92.4 Å². The van der Waals surface area contributed by atoms with Crippen LogP contribution in [0.2, 0.25) is 0 Å². The van der Waals surface area contributed by atoms with Crippen LogP contribution >= 0.6 is 0 Å². The SMILES string of the molecule is CC(O)C(N)CNS(=O)(=O)c1ccc(C(C)(C)C)cc1. The standard InChI is InChI=1S/C14H24N2O3S/c1-10(17)13(15)9-16-20(18,19)12-7-5-11(6-8-12)14(2,3)4/h5-8,10,13,16-17H,9,15H2,1-4H3. The summed E-state index contributed by atoms with van der Waals surface area (Å²) in [5, 5.41) is 9.25. The number of hydrogen-bond acceptors (Lipinski definition) is 4. The highest BCUT2D eigenvalue weighted by Gasteiger charge is 2.19. The van der Waals surface area contributed by atoms with Gasteiger partial charge < -0.3 is 10.8 Å². The Morgan fingerprint density at radius 2 is 1.75 bits per heavy atom. The molecule has 0 saturated heterocycles. The number of aliphatic hydroxyl groups is 1. The molecule has 2 unspecified atom stereocenters. The van der Waals surface area contributed by atoms with Crippen LogP contribution in [0.4, 0.5) is 0 Å². The van der Waals surface area contributed by atoms with Gasteiger partial charge in [0.05, 0.1) is 11.0 Å². The molecule has 0 fully saturated rings. The summed E-state index contributed by atoms with van der Waals surface area (Å²) in [4.78, 5) is 0.197. The molecule has 1 aromatic carbocycles. The first-order chi connectivity index (χ1) is 9.04. The van der Waals surface area contributed by atoms with E-state index in [4.69, 9.17) is 5.73 Å². The van der Waals surface area contributed by atoms with Crippen molar-refractivity contribution in [3.8, 4) is 0 Å². The van der Waals surface area contributed by atoms with Crippen LogP contribution in [0.15, 0.2) is 29.2 Å². The highest BCUT2D eigenvalue weighted by Crippen LogP contribution is 2.23. The van der Waals surface area contributed by atoms with Gasteiger partial charge in [-0.1, -0.05) is 32.9 Å². The quantitative estimate of drug-likeness (QED) is 0.755. The van der Waals surface area contributed by atoms with E-state index in [1.165, 1.54) is 6.92 Å². The maximum atomic E-state index is 12.1. The van der Waals surface area contributed by atoms with Gasteiger partial charge in [0, 0.05) is 12.6 Å². The molecule has 0 amide bonds. The molecule has 0 aliphatic rings. The summed E-state index contributed by atoms with van der Waals surface area (Å²) < 4.78 is 26.5. The van der Waals surface area contributed by atoms with E-state index in [2.05, 4.69) is 25.5 Å². The maximum absolute atomic E-state index is 12.1. The molecule has 0 spiro atoms. The van der Waals surface area contributed by atoms with Gasteiger partial charge in [-0.3, -0.25) is 0 Å². The average Bonchev–Trinajstić information content (AvgIpc) is 2.35. The van der Waals surface area contributed by atoms with Crippen LogP contribution in [-0.4, -0.2) is 32.2 Å². The minimum absolute atomic E-state index is 0.00101. The summed E-state index contributed by atoms with van der Waals surface area (Å²) in [5.74, 6) is 0. The van der Waals surface area contributed by atoms with Crippen LogP contribution in [-0.2, 0) is 15.4 Å². The molecular formula is C14H24N2O3S. The molecule has 0 aliphatic heterocycles. The first-order valence-electron chi connectivity index (χ1n) is 6.58. The lowest BCUT2D eigenvalue weighted by Gasteiger charge is -2.19. The molecule has 20 heavy (non-hydrogen) atoms. The summed E-state index contributed by atoms with van der Waals surface area (Å²) in [6.45, 7) is 7.72. The fraction of sp³-hybridized carbons (Fsp3) is 0.571. The monoisotopic (exact) mass is 300 g/mol. The summed E-state index contributed by atoms with van der Waals surface area (Å²) in [6, 6.07) is 6.15. The van der Waals surface area contributed by atoms with E-state index >= 15 is 0 Å². The van der Waals surface area contributed by atoms with Gasteiger partial charge >= 0.3 is 0 Å². The van der Waals surface area contributed by atoms with Gasteiger partial charge in [-0.25, -0.2) is 13.1 Å². The van der Waals surface area contributed by atoms with Crippen molar-refractivity contribution < 1.29 is 13.5 Å². The van der Waals surface area contributed by atoms with Gasteiger partial charge in [-0.05, 0) is 30.0 Å². The number of benzene rings is 1. The Bertz CT molecular complexity index is 531. The molecule has 6 heteroatoms.